The number of carbonyl (C=O) groups is 1. The third-order valence-corrected chi connectivity index (χ3v) is 3.92. The zero-order valence-electron chi connectivity index (χ0n) is 12.4. The molecule has 1 saturated carbocycles. The van der Waals surface area contributed by atoms with Crippen molar-refractivity contribution in [1.82, 2.24) is 10.2 Å². The van der Waals surface area contributed by atoms with Crippen molar-refractivity contribution in [3.63, 3.8) is 0 Å². The predicted molar refractivity (Wildman–Crippen MR) is 82.8 cm³/mol. The first-order valence-electron chi connectivity index (χ1n) is 7.24. The lowest BCUT2D eigenvalue weighted by Gasteiger charge is -2.33. The van der Waals surface area contributed by atoms with Gasteiger partial charge in [0.2, 0.25) is 5.91 Å². The molecule has 4 heteroatoms. The average Bonchev–Trinajstić information content (AvgIpc) is 3.21. The third-order valence-electron chi connectivity index (χ3n) is 3.67. The molecule has 1 N–H and O–H groups in total. The van der Waals surface area contributed by atoms with E-state index in [1.54, 1.807) is 0 Å². The Morgan fingerprint density at radius 3 is 2.45 bits per heavy atom. The van der Waals surface area contributed by atoms with E-state index in [4.69, 9.17) is 11.6 Å². The molecule has 1 amide bonds. The molecule has 0 bridgehead atoms. The fourth-order valence-corrected chi connectivity index (χ4v) is 2.54. The van der Waals surface area contributed by atoms with Gasteiger partial charge in [-0.1, -0.05) is 30.7 Å². The summed E-state index contributed by atoms with van der Waals surface area (Å²) >= 11 is 5.91. The summed E-state index contributed by atoms with van der Waals surface area (Å²) in [6.45, 7) is 7.38. The highest BCUT2D eigenvalue weighted by Gasteiger charge is 2.39. The molecule has 0 aromatic heterocycles. The summed E-state index contributed by atoms with van der Waals surface area (Å²) in [5.41, 5.74) is 0.617. The van der Waals surface area contributed by atoms with Crippen LogP contribution in [0.3, 0.4) is 0 Å². The molecule has 0 unspecified atom stereocenters. The molecule has 1 fully saturated rings. The number of halogens is 1. The molecule has 1 aromatic carbocycles. The number of nitrogens with one attached hydrogen (secondary N) is 1. The Bertz CT molecular complexity index is 466. The lowest BCUT2D eigenvalue weighted by molar-refractivity contribution is -0.138. The zero-order valence-corrected chi connectivity index (χ0v) is 13.2. The topological polar surface area (TPSA) is 32.3 Å². The third kappa shape index (κ3) is 3.74. The first-order chi connectivity index (χ1) is 9.44. The van der Waals surface area contributed by atoms with Crippen LogP contribution in [-0.2, 0) is 11.3 Å². The van der Waals surface area contributed by atoms with Crippen LogP contribution in [0.5, 0.6) is 0 Å². The van der Waals surface area contributed by atoms with Crippen molar-refractivity contribution >= 4 is 17.5 Å². The maximum absolute atomic E-state index is 12.7. The van der Waals surface area contributed by atoms with Crippen LogP contribution in [0.2, 0.25) is 5.02 Å². The van der Waals surface area contributed by atoms with Gasteiger partial charge in [0.25, 0.3) is 0 Å². The number of hydrogen-bond acceptors (Lipinski definition) is 2. The second-order valence-corrected chi connectivity index (χ2v) is 6.38. The molecule has 0 radical (unpaired) electrons. The summed E-state index contributed by atoms with van der Waals surface area (Å²) in [6, 6.07) is 8.14. The normalized spacial score (nSPS) is 15.2. The van der Waals surface area contributed by atoms with E-state index in [0.29, 0.717) is 12.6 Å². The highest BCUT2D eigenvalue weighted by atomic mass is 35.5. The van der Waals surface area contributed by atoms with Crippen molar-refractivity contribution in [1.29, 1.82) is 0 Å². The largest absolute Gasteiger partial charge is 0.334 e. The number of rotatable bonds is 6. The van der Waals surface area contributed by atoms with E-state index < -0.39 is 5.54 Å². The molecule has 2 rings (SSSR count). The van der Waals surface area contributed by atoms with Crippen molar-refractivity contribution in [2.45, 2.75) is 51.7 Å². The fourth-order valence-electron chi connectivity index (χ4n) is 2.42. The lowest BCUT2D eigenvalue weighted by Crippen LogP contribution is -2.54. The SMILES string of the molecule is CCNC(C)(C)C(=O)N(Cc1ccc(Cl)cc1)C1CC1. The van der Waals surface area contributed by atoms with Crippen LogP contribution in [0.4, 0.5) is 0 Å². The number of benzene rings is 1. The summed E-state index contributed by atoms with van der Waals surface area (Å²) in [5.74, 6) is 0.178. The van der Waals surface area contributed by atoms with Gasteiger partial charge in [-0.25, -0.2) is 0 Å². The van der Waals surface area contributed by atoms with Crippen molar-refractivity contribution in [2.75, 3.05) is 6.54 Å². The van der Waals surface area contributed by atoms with Crippen molar-refractivity contribution in [3.8, 4) is 0 Å². The van der Waals surface area contributed by atoms with E-state index >= 15 is 0 Å². The van der Waals surface area contributed by atoms with E-state index in [-0.39, 0.29) is 5.91 Å². The van der Waals surface area contributed by atoms with Gasteiger partial charge in [-0.2, -0.15) is 0 Å². The van der Waals surface area contributed by atoms with E-state index in [0.717, 1.165) is 30.0 Å². The number of likely N-dealkylation sites (N-methyl/N-ethyl adjacent to an activating group) is 1. The number of hydrogen-bond donors (Lipinski definition) is 1. The van der Waals surface area contributed by atoms with Crippen LogP contribution in [0.15, 0.2) is 24.3 Å². The molecule has 20 heavy (non-hydrogen) atoms. The van der Waals surface area contributed by atoms with Gasteiger partial charge in [-0.05, 0) is 50.9 Å². The molecule has 0 saturated heterocycles. The van der Waals surface area contributed by atoms with Crippen LogP contribution < -0.4 is 5.32 Å². The van der Waals surface area contributed by atoms with Gasteiger partial charge in [0.05, 0.1) is 5.54 Å². The van der Waals surface area contributed by atoms with E-state index in [2.05, 4.69) is 5.32 Å². The molecule has 1 aliphatic carbocycles. The molecular formula is C16H23ClN2O. The van der Waals surface area contributed by atoms with Gasteiger partial charge in [-0.3, -0.25) is 4.79 Å². The van der Waals surface area contributed by atoms with Crippen LogP contribution in [0.1, 0.15) is 39.2 Å². The first-order valence-corrected chi connectivity index (χ1v) is 7.62. The van der Waals surface area contributed by atoms with Crippen LogP contribution >= 0.6 is 11.6 Å². The molecule has 0 heterocycles. The van der Waals surface area contributed by atoms with Gasteiger partial charge in [0.15, 0.2) is 0 Å². The highest BCUT2D eigenvalue weighted by Crippen LogP contribution is 2.30. The molecule has 110 valence electrons. The summed E-state index contributed by atoms with van der Waals surface area (Å²) in [6.07, 6.45) is 2.23. The number of nitrogens with zero attached hydrogens (tertiary/aromatic N) is 1. The minimum atomic E-state index is -0.510. The Morgan fingerprint density at radius 2 is 1.95 bits per heavy atom. The minimum Gasteiger partial charge on any atom is -0.334 e. The highest BCUT2D eigenvalue weighted by molar-refractivity contribution is 6.30. The zero-order chi connectivity index (χ0) is 14.8. The Labute approximate surface area is 126 Å². The van der Waals surface area contributed by atoms with Gasteiger partial charge in [-0.15, -0.1) is 0 Å². The minimum absolute atomic E-state index is 0.178. The monoisotopic (exact) mass is 294 g/mol. The van der Waals surface area contributed by atoms with Crippen molar-refractivity contribution in [2.24, 2.45) is 0 Å². The van der Waals surface area contributed by atoms with Gasteiger partial charge >= 0.3 is 0 Å². The van der Waals surface area contributed by atoms with E-state index in [1.807, 2.05) is 49.9 Å². The van der Waals surface area contributed by atoms with E-state index in [9.17, 15) is 4.79 Å². The second kappa shape index (κ2) is 6.15. The fraction of sp³-hybridized carbons (Fsp3) is 0.562. The Kier molecular flexibility index (Phi) is 4.71. The summed E-state index contributed by atoms with van der Waals surface area (Å²) in [7, 11) is 0. The second-order valence-electron chi connectivity index (χ2n) is 5.95. The maximum atomic E-state index is 12.7. The number of carbonyl (C=O) groups excluding carboxylic acids is 1. The molecule has 1 aromatic rings. The summed E-state index contributed by atoms with van der Waals surface area (Å²) in [5, 5.41) is 4.00. The lowest BCUT2D eigenvalue weighted by atomic mass is 10.0. The molecule has 3 nitrogen and oxygen atoms in total. The standard InChI is InChI=1S/C16H23ClN2O/c1-4-18-16(2,3)15(20)19(14-9-10-14)11-12-5-7-13(17)8-6-12/h5-8,14,18H,4,9-11H2,1-3H3. The van der Waals surface area contributed by atoms with Gasteiger partial charge < -0.3 is 10.2 Å². The van der Waals surface area contributed by atoms with Crippen molar-refractivity contribution < 1.29 is 4.79 Å². The summed E-state index contributed by atoms with van der Waals surface area (Å²) < 4.78 is 0. The quantitative estimate of drug-likeness (QED) is 0.874. The molecule has 1 aliphatic rings. The summed E-state index contributed by atoms with van der Waals surface area (Å²) in [4.78, 5) is 14.8. The van der Waals surface area contributed by atoms with Gasteiger partial charge in [0.1, 0.15) is 0 Å². The van der Waals surface area contributed by atoms with Crippen LogP contribution in [0, 0.1) is 0 Å². The van der Waals surface area contributed by atoms with Crippen molar-refractivity contribution in [3.05, 3.63) is 34.9 Å². The smallest absolute Gasteiger partial charge is 0.242 e. The average molecular weight is 295 g/mol. The van der Waals surface area contributed by atoms with Gasteiger partial charge in [0, 0.05) is 17.6 Å². The molecule has 0 aliphatic heterocycles. The Morgan fingerprint density at radius 1 is 1.35 bits per heavy atom. The Hall–Kier alpha value is -1.06. The Balaban J connectivity index is 2.11. The predicted octanol–water partition coefficient (Wildman–Crippen LogP) is 3.22. The molecule has 0 spiro atoms. The van der Waals surface area contributed by atoms with Crippen LogP contribution in [-0.4, -0.2) is 28.9 Å². The first kappa shape index (κ1) is 15.3. The number of amides is 1. The molecular weight excluding hydrogens is 272 g/mol. The molecule has 0 atom stereocenters. The van der Waals surface area contributed by atoms with E-state index in [1.165, 1.54) is 0 Å². The maximum Gasteiger partial charge on any atom is 0.242 e. The van der Waals surface area contributed by atoms with Crippen LogP contribution in [0.25, 0.3) is 0 Å².